The van der Waals surface area contributed by atoms with E-state index < -0.39 is 12.8 Å². The highest BCUT2D eigenvalue weighted by molar-refractivity contribution is 6.32. The molecule has 118 valence electrons. The minimum absolute atomic E-state index is 0.0536. The molecule has 0 aromatic carbocycles. The molecule has 1 atom stereocenters. The van der Waals surface area contributed by atoms with Gasteiger partial charge in [0.1, 0.15) is 17.9 Å². The van der Waals surface area contributed by atoms with E-state index in [0.717, 1.165) is 31.5 Å². The number of hydrogen-bond acceptors (Lipinski definition) is 5. The Balaban J connectivity index is 1.76. The van der Waals surface area contributed by atoms with Gasteiger partial charge in [-0.25, -0.2) is 14.4 Å². The van der Waals surface area contributed by atoms with Crippen LogP contribution in [0.4, 0.5) is 4.39 Å². The van der Waals surface area contributed by atoms with Gasteiger partial charge in [0.2, 0.25) is 5.28 Å². The van der Waals surface area contributed by atoms with Crippen LogP contribution in [0, 0.1) is 0 Å². The topological polar surface area (TPSA) is 58.5 Å². The van der Waals surface area contributed by atoms with Crippen LogP contribution in [-0.4, -0.2) is 58.6 Å². The van der Waals surface area contributed by atoms with Crippen molar-refractivity contribution in [3.63, 3.8) is 0 Å². The minimum atomic E-state index is -1.02. The van der Waals surface area contributed by atoms with Crippen LogP contribution in [0.25, 0.3) is 0 Å². The van der Waals surface area contributed by atoms with E-state index in [1.54, 1.807) is 6.20 Å². The van der Waals surface area contributed by atoms with Crippen molar-refractivity contribution in [1.82, 2.24) is 14.9 Å². The van der Waals surface area contributed by atoms with Crippen LogP contribution in [0.5, 0.6) is 0 Å². The van der Waals surface area contributed by atoms with Gasteiger partial charge < -0.3 is 9.84 Å². The Morgan fingerprint density at radius 2 is 2.14 bits per heavy atom. The lowest BCUT2D eigenvalue weighted by Gasteiger charge is -2.32. The van der Waals surface area contributed by atoms with Crippen LogP contribution in [0.3, 0.4) is 0 Å². The number of aromatic nitrogens is 2. The molecular formula is C13H18Cl2FN3O2. The Hall–Kier alpha value is -0.530. The molecule has 5 nitrogen and oxygen atoms in total. The van der Waals surface area contributed by atoms with Gasteiger partial charge in [0.25, 0.3) is 0 Å². The van der Waals surface area contributed by atoms with E-state index in [-0.39, 0.29) is 18.0 Å². The van der Waals surface area contributed by atoms with Crippen molar-refractivity contribution in [1.29, 1.82) is 0 Å². The van der Waals surface area contributed by atoms with Crippen molar-refractivity contribution in [2.24, 2.45) is 0 Å². The van der Waals surface area contributed by atoms with Crippen LogP contribution in [0.1, 0.15) is 18.4 Å². The Morgan fingerprint density at radius 3 is 2.76 bits per heavy atom. The van der Waals surface area contributed by atoms with E-state index in [9.17, 15) is 4.39 Å². The van der Waals surface area contributed by atoms with Crippen LogP contribution in [0.2, 0.25) is 10.4 Å². The molecule has 1 saturated heterocycles. The molecule has 1 aliphatic heterocycles. The maximum absolute atomic E-state index is 12.1. The summed E-state index contributed by atoms with van der Waals surface area (Å²) >= 11 is 11.7. The lowest BCUT2D eigenvalue weighted by molar-refractivity contribution is -0.0408. The monoisotopic (exact) mass is 337 g/mol. The number of alkyl halides is 1. The molecular weight excluding hydrogens is 320 g/mol. The first-order valence-corrected chi connectivity index (χ1v) is 7.59. The van der Waals surface area contributed by atoms with E-state index in [2.05, 4.69) is 14.9 Å². The van der Waals surface area contributed by atoms with Crippen molar-refractivity contribution in [2.75, 3.05) is 26.4 Å². The number of likely N-dealkylation sites (tertiary alicyclic amines) is 1. The Kier molecular flexibility index (Phi) is 6.57. The zero-order valence-electron chi connectivity index (χ0n) is 11.5. The van der Waals surface area contributed by atoms with E-state index in [1.807, 2.05) is 0 Å². The van der Waals surface area contributed by atoms with Crippen LogP contribution >= 0.6 is 23.2 Å². The van der Waals surface area contributed by atoms with Gasteiger partial charge in [-0.15, -0.1) is 0 Å². The second-order valence-electron chi connectivity index (χ2n) is 5.07. The molecule has 2 rings (SSSR count). The number of halogens is 3. The lowest BCUT2D eigenvalue weighted by atomic mass is 10.1. The number of ether oxygens (including phenoxy) is 1. The first-order chi connectivity index (χ1) is 10.1. The maximum Gasteiger partial charge on any atom is 0.223 e. The summed E-state index contributed by atoms with van der Waals surface area (Å²) in [5, 5.41) is 9.65. The van der Waals surface area contributed by atoms with E-state index in [1.165, 1.54) is 0 Å². The van der Waals surface area contributed by atoms with E-state index in [4.69, 9.17) is 33.0 Å². The first kappa shape index (κ1) is 16.8. The van der Waals surface area contributed by atoms with Crippen LogP contribution in [0.15, 0.2) is 6.20 Å². The summed E-state index contributed by atoms with van der Waals surface area (Å²) in [6.07, 6.45) is 2.36. The Morgan fingerprint density at radius 1 is 1.43 bits per heavy atom. The van der Waals surface area contributed by atoms with Crippen molar-refractivity contribution < 1.29 is 14.2 Å². The fourth-order valence-corrected chi connectivity index (χ4v) is 2.60. The minimum Gasteiger partial charge on any atom is -0.388 e. The number of aliphatic hydroxyl groups is 1. The van der Waals surface area contributed by atoms with Gasteiger partial charge >= 0.3 is 0 Å². The largest absolute Gasteiger partial charge is 0.388 e. The summed E-state index contributed by atoms with van der Waals surface area (Å²) < 4.78 is 17.6. The number of rotatable bonds is 6. The van der Waals surface area contributed by atoms with E-state index in [0.29, 0.717) is 11.7 Å². The molecule has 1 aromatic rings. The standard InChI is InChI=1S/C13H18Cl2FN3O2/c14-12-9(6-17-13(15)18-12)7-19-3-1-11(2-4-19)21-8-10(20)5-16/h6,10-11,20H,1-5,7-8H2. The molecule has 0 aliphatic carbocycles. The van der Waals surface area contributed by atoms with Crippen molar-refractivity contribution in [3.05, 3.63) is 22.2 Å². The van der Waals surface area contributed by atoms with Gasteiger partial charge in [-0.2, -0.15) is 0 Å². The average Bonchev–Trinajstić information content (AvgIpc) is 2.49. The van der Waals surface area contributed by atoms with Crippen molar-refractivity contribution in [2.45, 2.75) is 31.6 Å². The quantitative estimate of drug-likeness (QED) is 0.636. The smallest absolute Gasteiger partial charge is 0.223 e. The molecule has 21 heavy (non-hydrogen) atoms. The fraction of sp³-hybridized carbons (Fsp3) is 0.692. The number of piperidine rings is 1. The zero-order valence-corrected chi connectivity index (χ0v) is 13.0. The summed E-state index contributed by atoms with van der Waals surface area (Å²) in [5.74, 6) is 0. The van der Waals surface area contributed by atoms with Gasteiger partial charge in [-0.1, -0.05) is 11.6 Å². The first-order valence-electron chi connectivity index (χ1n) is 6.83. The predicted octanol–water partition coefficient (Wildman–Crippen LogP) is 2.09. The lowest BCUT2D eigenvalue weighted by Crippen LogP contribution is -2.37. The summed E-state index contributed by atoms with van der Waals surface area (Å²) in [6, 6.07) is 0. The van der Waals surface area contributed by atoms with Crippen molar-refractivity contribution in [3.8, 4) is 0 Å². The molecule has 1 aliphatic rings. The highest BCUT2D eigenvalue weighted by atomic mass is 35.5. The molecule has 8 heteroatoms. The van der Waals surface area contributed by atoms with Gasteiger partial charge in [-0.05, 0) is 24.4 Å². The fourth-order valence-electron chi connectivity index (χ4n) is 2.24. The molecule has 1 N–H and O–H groups in total. The summed E-state index contributed by atoms with van der Waals surface area (Å²) in [4.78, 5) is 10.1. The number of nitrogens with zero attached hydrogens (tertiary/aromatic N) is 3. The maximum atomic E-state index is 12.1. The summed E-state index contributed by atoms with van der Waals surface area (Å²) in [5.41, 5.74) is 0.841. The molecule has 1 aromatic heterocycles. The number of aliphatic hydroxyl groups excluding tert-OH is 1. The molecule has 2 heterocycles. The normalized spacial score (nSPS) is 18.9. The molecule has 0 spiro atoms. The molecule has 0 bridgehead atoms. The third kappa shape index (κ3) is 5.30. The third-order valence-electron chi connectivity index (χ3n) is 3.41. The third-order valence-corrected chi connectivity index (χ3v) is 3.92. The molecule has 0 amide bonds. The van der Waals surface area contributed by atoms with Gasteiger partial charge in [0.15, 0.2) is 0 Å². The average molecular weight is 338 g/mol. The Bertz CT molecular complexity index is 459. The summed E-state index contributed by atoms with van der Waals surface area (Å²) in [6.45, 7) is 1.63. The van der Waals surface area contributed by atoms with Crippen LogP contribution < -0.4 is 0 Å². The second kappa shape index (κ2) is 8.19. The van der Waals surface area contributed by atoms with E-state index >= 15 is 0 Å². The summed E-state index contributed by atoms with van der Waals surface area (Å²) in [7, 11) is 0. The highest BCUT2D eigenvalue weighted by Gasteiger charge is 2.21. The van der Waals surface area contributed by atoms with Gasteiger partial charge in [0.05, 0.1) is 12.7 Å². The Labute approximate surface area is 133 Å². The predicted molar refractivity (Wildman–Crippen MR) is 78.3 cm³/mol. The second-order valence-corrected chi connectivity index (χ2v) is 5.77. The van der Waals surface area contributed by atoms with Gasteiger partial charge in [-0.3, -0.25) is 4.90 Å². The molecule has 0 radical (unpaired) electrons. The molecule has 1 unspecified atom stereocenters. The number of hydrogen-bond donors (Lipinski definition) is 1. The highest BCUT2D eigenvalue weighted by Crippen LogP contribution is 2.20. The van der Waals surface area contributed by atoms with Crippen LogP contribution in [-0.2, 0) is 11.3 Å². The molecule has 0 saturated carbocycles. The van der Waals surface area contributed by atoms with Gasteiger partial charge in [0, 0.05) is 31.4 Å². The zero-order chi connectivity index (χ0) is 15.2. The molecule has 1 fully saturated rings. The van der Waals surface area contributed by atoms with Crippen molar-refractivity contribution >= 4 is 23.2 Å². The SMILES string of the molecule is OC(CF)COC1CCN(Cc2cnc(Cl)nc2Cl)CC1.